The van der Waals surface area contributed by atoms with Crippen LogP contribution in [0.5, 0.6) is 0 Å². The number of nitrogens with zero attached hydrogens (tertiary/aromatic N) is 2. The largest absolute Gasteiger partial charge is 0.352 e. The number of fused-ring (bicyclic) bond motifs is 1. The monoisotopic (exact) mass is 379 g/mol. The number of piperazine rings is 1. The van der Waals surface area contributed by atoms with Crippen LogP contribution in [0.15, 0.2) is 42.5 Å². The smallest absolute Gasteiger partial charge is 0.253 e. The Bertz CT molecular complexity index is 852. The lowest BCUT2D eigenvalue weighted by Crippen LogP contribution is -2.55. The molecule has 2 fully saturated rings. The Hall–Kier alpha value is -2.40. The molecule has 1 saturated carbocycles. The lowest BCUT2D eigenvalue weighted by atomic mass is 10.1. The molecule has 4 rings (SSSR count). The Balaban J connectivity index is 1.33. The third-order valence-corrected chi connectivity index (χ3v) is 6.23. The van der Waals surface area contributed by atoms with Crippen molar-refractivity contribution >= 4 is 22.6 Å². The Labute approximate surface area is 166 Å². The first kappa shape index (κ1) is 18.9. The molecule has 1 aliphatic carbocycles. The van der Waals surface area contributed by atoms with E-state index < -0.39 is 0 Å². The maximum absolute atomic E-state index is 12.9. The van der Waals surface area contributed by atoms with Gasteiger partial charge in [-0.3, -0.25) is 14.5 Å². The number of benzene rings is 2. The number of rotatable bonds is 4. The highest BCUT2D eigenvalue weighted by molar-refractivity contribution is 5.98. The van der Waals surface area contributed by atoms with Crippen molar-refractivity contribution in [3.63, 3.8) is 0 Å². The van der Waals surface area contributed by atoms with Gasteiger partial charge >= 0.3 is 0 Å². The molecular formula is C23H29N3O2. The standard InChI is InChI=1S/C23H29N3O2/c1-17(22(27)24-21-8-4-5-9-21)25-12-14-26(15-13-25)23(28)20-11-10-18-6-2-3-7-19(18)16-20/h2-3,6-7,10-11,16-17,21H,4-5,8-9,12-15H2,1H3,(H,24,27). The van der Waals surface area contributed by atoms with E-state index >= 15 is 0 Å². The quantitative estimate of drug-likeness (QED) is 0.888. The van der Waals surface area contributed by atoms with E-state index in [-0.39, 0.29) is 17.9 Å². The zero-order chi connectivity index (χ0) is 19.5. The highest BCUT2D eigenvalue weighted by Crippen LogP contribution is 2.19. The molecule has 1 N–H and O–H groups in total. The van der Waals surface area contributed by atoms with Gasteiger partial charge in [0.05, 0.1) is 6.04 Å². The number of hydrogen-bond donors (Lipinski definition) is 1. The molecule has 2 aliphatic rings. The molecule has 5 nitrogen and oxygen atoms in total. The van der Waals surface area contributed by atoms with Crippen LogP contribution in [0.2, 0.25) is 0 Å². The summed E-state index contributed by atoms with van der Waals surface area (Å²) in [5.41, 5.74) is 0.735. The zero-order valence-electron chi connectivity index (χ0n) is 16.6. The van der Waals surface area contributed by atoms with Crippen molar-refractivity contribution in [1.29, 1.82) is 0 Å². The van der Waals surface area contributed by atoms with Gasteiger partial charge in [0.15, 0.2) is 0 Å². The van der Waals surface area contributed by atoms with Crippen LogP contribution in [0.4, 0.5) is 0 Å². The zero-order valence-corrected chi connectivity index (χ0v) is 16.6. The van der Waals surface area contributed by atoms with Gasteiger partial charge in [-0.1, -0.05) is 43.2 Å². The second-order valence-electron chi connectivity index (χ2n) is 8.06. The minimum Gasteiger partial charge on any atom is -0.352 e. The Morgan fingerprint density at radius 3 is 2.36 bits per heavy atom. The van der Waals surface area contributed by atoms with E-state index in [9.17, 15) is 9.59 Å². The number of carbonyl (C=O) groups excluding carboxylic acids is 2. The average Bonchev–Trinajstić information content (AvgIpc) is 3.25. The van der Waals surface area contributed by atoms with Crippen LogP contribution >= 0.6 is 0 Å². The summed E-state index contributed by atoms with van der Waals surface area (Å²) in [5.74, 6) is 0.203. The molecule has 2 amide bonds. The summed E-state index contributed by atoms with van der Waals surface area (Å²) in [6.07, 6.45) is 4.64. The van der Waals surface area contributed by atoms with Gasteiger partial charge in [-0.25, -0.2) is 0 Å². The fraction of sp³-hybridized carbons (Fsp3) is 0.478. The molecule has 2 aromatic carbocycles. The molecule has 1 unspecified atom stereocenters. The van der Waals surface area contributed by atoms with Gasteiger partial charge in [-0.2, -0.15) is 0 Å². The third-order valence-electron chi connectivity index (χ3n) is 6.23. The van der Waals surface area contributed by atoms with Crippen molar-refractivity contribution in [2.24, 2.45) is 0 Å². The summed E-state index contributed by atoms with van der Waals surface area (Å²) in [7, 11) is 0. The van der Waals surface area contributed by atoms with E-state index in [1.807, 2.05) is 48.2 Å². The van der Waals surface area contributed by atoms with E-state index in [0.29, 0.717) is 19.1 Å². The molecule has 1 saturated heterocycles. The first-order valence-corrected chi connectivity index (χ1v) is 10.4. The Kier molecular flexibility index (Phi) is 5.62. The highest BCUT2D eigenvalue weighted by atomic mass is 16.2. The number of amides is 2. The Morgan fingerprint density at radius 1 is 0.964 bits per heavy atom. The van der Waals surface area contributed by atoms with Gasteiger partial charge < -0.3 is 10.2 Å². The second kappa shape index (κ2) is 8.31. The number of carbonyl (C=O) groups is 2. The molecule has 148 valence electrons. The molecule has 1 heterocycles. The molecular weight excluding hydrogens is 350 g/mol. The van der Waals surface area contributed by atoms with E-state index in [1.165, 1.54) is 12.8 Å². The second-order valence-corrected chi connectivity index (χ2v) is 8.06. The predicted molar refractivity (Wildman–Crippen MR) is 111 cm³/mol. The topological polar surface area (TPSA) is 52.7 Å². The van der Waals surface area contributed by atoms with Crippen molar-refractivity contribution in [2.75, 3.05) is 26.2 Å². The van der Waals surface area contributed by atoms with Crippen LogP contribution in [0, 0.1) is 0 Å². The SMILES string of the molecule is CC(C(=O)NC1CCCC1)N1CCN(C(=O)c2ccc3ccccc3c2)CC1. The lowest BCUT2D eigenvalue weighted by molar-refractivity contribution is -0.127. The maximum atomic E-state index is 12.9. The third kappa shape index (κ3) is 4.04. The molecule has 0 aromatic heterocycles. The molecule has 5 heteroatoms. The lowest BCUT2D eigenvalue weighted by Gasteiger charge is -2.37. The summed E-state index contributed by atoms with van der Waals surface area (Å²) in [6, 6.07) is 14.2. The van der Waals surface area contributed by atoms with Crippen molar-refractivity contribution in [2.45, 2.75) is 44.7 Å². The minimum atomic E-state index is -0.140. The predicted octanol–water partition coefficient (Wildman–Crippen LogP) is 3.04. The molecule has 0 radical (unpaired) electrons. The van der Waals surface area contributed by atoms with Crippen LogP contribution < -0.4 is 5.32 Å². The van der Waals surface area contributed by atoms with Crippen molar-refractivity contribution in [1.82, 2.24) is 15.1 Å². The van der Waals surface area contributed by atoms with E-state index in [1.54, 1.807) is 0 Å². The van der Waals surface area contributed by atoms with E-state index in [0.717, 1.165) is 42.3 Å². The van der Waals surface area contributed by atoms with E-state index in [4.69, 9.17) is 0 Å². The van der Waals surface area contributed by atoms with Crippen LogP contribution in [-0.2, 0) is 4.79 Å². The van der Waals surface area contributed by atoms with Crippen LogP contribution in [0.25, 0.3) is 10.8 Å². The van der Waals surface area contributed by atoms with Gasteiger partial charge in [0.1, 0.15) is 0 Å². The number of nitrogens with one attached hydrogen (secondary N) is 1. The van der Waals surface area contributed by atoms with Crippen molar-refractivity contribution in [3.8, 4) is 0 Å². The van der Waals surface area contributed by atoms with Gasteiger partial charge in [0.2, 0.25) is 5.91 Å². The molecule has 28 heavy (non-hydrogen) atoms. The summed E-state index contributed by atoms with van der Waals surface area (Å²) < 4.78 is 0. The van der Waals surface area contributed by atoms with Crippen molar-refractivity contribution in [3.05, 3.63) is 48.0 Å². The fourth-order valence-electron chi connectivity index (χ4n) is 4.37. The van der Waals surface area contributed by atoms with Crippen LogP contribution in [-0.4, -0.2) is 59.9 Å². The average molecular weight is 380 g/mol. The highest BCUT2D eigenvalue weighted by Gasteiger charge is 2.29. The molecule has 0 bridgehead atoms. The maximum Gasteiger partial charge on any atom is 0.253 e. The first-order chi connectivity index (χ1) is 13.6. The van der Waals surface area contributed by atoms with E-state index in [2.05, 4.69) is 16.3 Å². The Morgan fingerprint density at radius 2 is 1.64 bits per heavy atom. The minimum absolute atomic E-state index is 0.0773. The summed E-state index contributed by atoms with van der Waals surface area (Å²) in [6.45, 7) is 4.77. The fourth-order valence-corrected chi connectivity index (χ4v) is 4.37. The molecule has 1 atom stereocenters. The number of hydrogen-bond acceptors (Lipinski definition) is 3. The summed E-state index contributed by atoms with van der Waals surface area (Å²) >= 11 is 0. The molecule has 1 aliphatic heterocycles. The summed E-state index contributed by atoms with van der Waals surface area (Å²) in [4.78, 5) is 29.5. The molecule has 0 spiro atoms. The van der Waals surface area contributed by atoms with Gasteiger partial charge in [-0.05, 0) is 42.7 Å². The molecule has 2 aromatic rings. The van der Waals surface area contributed by atoms with Gasteiger partial charge in [0, 0.05) is 37.8 Å². The normalized spacial score (nSPS) is 19.7. The van der Waals surface area contributed by atoms with Crippen LogP contribution in [0.3, 0.4) is 0 Å². The van der Waals surface area contributed by atoms with Crippen LogP contribution in [0.1, 0.15) is 43.0 Å². The summed E-state index contributed by atoms with van der Waals surface area (Å²) in [5, 5.41) is 5.42. The van der Waals surface area contributed by atoms with Gasteiger partial charge in [-0.15, -0.1) is 0 Å². The van der Waals surface area contributed by atoms with Gasteiger partial charge in [0.25, 0.3) is 5.91 Å². The van der Waals surface area contributed by atoms with Crippen molar-refractivity contribution < 1.29 is 9.59 Å². The first-order valence-electron chi connectivity index (χ1n) is 10.4.